The Morgan fingerprint density at radius 2 is 2.07 bits per heavy atom. The molecule has 0 saturated heterocycles. The van der Waals surface area contributed by atoms with Gasteiger partial charge in [0.05, 0.1) is 25.4 Å². The Kier molecular flexibility index (Phi) is 4.99. The monoisotopic (exact) mass is 441 g/mol. The minimum Gasteiger partial charge on any atom is -0.495 e. The van der Waals surface area contributed by atoms with Gasteiger partial charge in [0.25, 0.3) is 0 Å². The molecule has 3 heterocycles. The molecule has 3 aromatic rings. The second kappa shape index (κ2) is 7.67. The van der Waals surface area contributed by atoms with Gasteiger partial charge in [-0.1, -0.05) is 11.6 Å². The maximum absolute atomic E-state index is 13.5. The van der Waals surface area contributed by atoms with E-state index in [-0.39, 0.29) is 12.1 Å². The fraction of sp³-hybridized carbons (Fsp3) is 0.348. The van der Waals surface area contributed by atoms with Crippen LogP contribution < -0.4 is 10.1 Å². The summed E-state index contributed by atoms with van der Waals surface area (Å²) in [6, 6.07) is 9.20. The number of carbonyl (C=O) groups is 1. The standard InChI is InChI=1S/C23H24ClN3O2S/c1-14-19-7-5-11-26(19)22-17(16-6-3-4-8-21(16)30-22)13-27(14)23(28)25-18-12-15(24)9-10-20(18)29-2/h5,7,9-12,14H,3-4,6,8,13H2,1-2H3,(H,25,28)/t14-/m0/s1. The van der Waals surface area contributed by atoms with Crippen LogP contribution in [0, 0.1) is 0 Å². The summed E-state index contributed by atoms with van der Waals surface area (Å²) in [4.78, 5) is 16.9. The molecule has 1 aliphatic carbocycles. The first-order chi connectivity index (χ1) is 14.6. The number of anilines is 1. The van der Waals surface area contributed by atoms with E-state index in [0.29, 0.717) is 23.0 Å². The van der Waals surface area contributed by atoms with Crippen LogP contribution in [0.2, 0.25) is 5.02 Å². The van der Waals surface area contributed by atoms with Crippen LogP contribution in [0.1, 0.15) is 47.5 Å². The van der Waals surface area contributed by atoms with Gasteiger partial charge in [-0.15, -0.1) is 11.3 Å². The second-order valence-electron chi connectivity index (χ2n) is 7.88. The Morgan fingerprint density at radius 1 is 1.23 bits per heavy atom. The van der Waals surface area contributed by atoms with Gasteiger partial charge in [0.15, 0.2) is 0 Å². The third-order valence-corrected chi connectivity index (χ3v) is 7.72. The molecule has 0 fully saturated rings. The number of halogens is 1. The van der Waals surface area contributed by atoms with E-state index >= 15 is 0 Å². The molecule has 1 aromatic carbocycles. The number of carbonyl (C=O) groups excluding carboxylic acids is 1. The number of aromatic nitrogens is 1. The number of aryl methyl sites for hydroxylation is 1. The Hall–Kier alpha value is -2.44. The molecule has 0 spiro atoms. The van der Waals surface area contributed by atoms with Gasteiger partial charge in [-0.25, -0.2) is 4.79 Å². The van der Waals surface area contributed by atoms with Gasteiger partial charge in [-0.05, 0) is 68.5 Å². The van der Waals surface area contributed by atoms with Crippen LogP contribution in [0.3, 0.4) is 0 Å². The molecule has 1 aliphatic heterocycles. The Balaban J connectivity index is 1.54. The van der Waals surface area contributed by atoms with Crippen molar-refractivity contribution >= 4 is 34.7 Å². The van der Waals surface area contributed by atoms with Gasteiger partial charge in [-0.2, -0.15) is 0 Å². The minimum absolute atomic E-state index is 0.0657. The number of amides is 2. The average molecular weight is 442 g/mol. The first-order valence-corrected chi connectivity index (χ1v) is 11.5. The number of nitrogens with one attached hydrogen (secondary N) is 1. The molecule has 2 aliphatic rings. The lowest BCUT2D eigenvalue weighted by molar-refractivity contribution is 0.189. The molecular weight excluding hydrogens is 418 g/mol. The van der Waals surface area contributed by atoms with Gasteiger partial charge in [-0.3, -0.25) is 0 Å². The summed E-state index contributed by atoms with van der Waals surface area (Å²) in [5.41, 5.74) is 4.45. The number of hydrogen-bond acceptors (Lipinski definition) is 3. The lowest BCUT2D eigenvalue weighted by atomic mass is 9.95. The third-order valence-electron chi connectivity index (χ3n) is 6.15. The molecule has 5 rings (SSSR count). The van der Waals surface area contributed by atoms with Crippen molar-refractivity contribution in [2.75, 3.05) is 12.4 Å². The fourth-order valence-corrected chi connectivity index (χ4v) is 6.15. The molecule has 0 bridgehead atoms. The van der Waals surface area contributed by atoms with E-state index in [1.807, 2.05) is 16.2 Å². The Morgan fingerprint density at radius 3 is 2.90 bits per heavy atom. The quantitative estimate of drug-likeness (QED) is 0.515. The maximum atomic E-state index is 13.5. The molecule has 156 valence electrons. The lowest BCUT2D eigenvalue weighted by Gasteiger charge is -2.28. The van der Waals surface area contributed by atoms with Crippen molar-refractivity contribution < 1.29 is 9.53 Å². The average Bonchev–Trinajstić information content (AvgIpc) is 3.34. The Labute approximate surface area is 185 Å². The van der Waals surface area contributed by atoms with E-state index in [1.165, 1.54) is 33.8 Å². The van der Waals surface area contributed by atoms with Crippen molar-refractivity contribution in [1.82, 2.24) is 9.47 Å². The number of rotatable bonds is 2. The highest BCUT2D eigenvalue weighted by molar-refractivity contribution is 7.15. The van der Waals surface area contributed by atoms with Crippen molar-refractivity contribution in [2.45, 2.75) is 45.2 Å². The van der Waals surface area contributed by atoms with Crippen LogP contribution in [0.15, 0.2) is 36.5 Å². The zero-order chi connectivity index (χ0) is 20.8. The molecule has 1 N–H and O–H groups in total. The number of fused-ring (bicyclic) bond motifs is 5. The number of thiophene rings is 1. The maximum Gasteiger partial charge on any atom is 0.322 e. The van der Waals surface area contributed by atoms with Gasteiger partial charge >= 0.3 is 6.03 Å². The first-order valence-electron chi connectivity index (χ1n) is 10.3. The molecule has 1 atom stereocenters. The summed E-state index contributed by atoms with van der Waals surface area (Å²) in [5.74, 6) is 0.590. The van der Waals surface area contributed by atoms with Crippen molar-refractivity contribution in [3.05, 3.63) is 63.2 Å². The topological polar surface area (TPSA) is 46.5 Å². The van der Waals surface area contributed by atoms with E-state index in [9.17, 15) is 4.79 Å². The van der Waals surface area contributed by atoms with Crippen LogP contribution in [0.25, 0.3) is 5.00 Å². The molecule has 30 heavy (non-hydrogen) atoms. The van der Waals surface area contributed by atoms with E-state index < -0.39 is 0 Å². The molecule has 2 aromatic heterocycles. The van der Waals surface area contributed by atoms with Gasteiger partial charge in [0, 0.05) is 27.4 Å². The SMILES string of the molecule is COc1ccc(Cl)cc1NC(=O)N1Cc2c(sc3c2CCCC3)-n2cccc2[C@@H]1C. The van der Waals surface area contributed by atoms with Crippen molar-refractivity contribution in [3.8, 4) is 10.8 Å². The predicted octanol–water partition coefficient (Wildman–Crippen LogP) is 6.19. The minimum atomic E-state index is -0.153. The fourth-order valence-electron chi connectivity index (χ4n) is 4.57. The Bertz CT molecular complexity index is 1120. The highest BCUT2D eigenvalue weighted by Crippen LogP contribution is 2.42. The molecule has 0 saturated carbocycles. The van der Waals surface area contributed by atoms with E-state index in [4.69, 9.17) is 16.3 Å². The molecule has 0 radical (unpaired) electrons. The summed E-state index contributed by atoms with van der Waals surface area (Å²) in [7, 11) is 1.59. The van der Waals surface area contributed by atoms with Gasteiger partial charge in [0.1, 0.15) is 10.8 Å². The van der Waals surface area contributed by atoms with E-state index in [1.54, 1.807) is 25.3 Å². The van der Waals surface area contributed by atoms with Crippen molar-refractivity contribution in [2.24, 2.45) is 0 Å². The second-order valence-corrected chi connectivity index (χ2v) is 9.40. The van der Waals surface area contributed by atoms with Crippen LogP contribution in [0.4, 0.5) is 10.5 Å². The largest absolute Gasteiger partial charge is 0.495 e. The normalized spacial score (nSPS) is 17.6. The number of methoxy groups -OCH3 is 1. The van der Waals surface area contributed by atoms with Crippen LogP contribution in [-0.2, 0) is 19.4 Å². The molecular formula is C23H24ClN3O2S. The molecule has 7 heteroatoms. The summed E-state index contributed by atoms with van der Waals surface area (Å²) in [5, 5.41) is 4.85. The van der Waals surface area contributed by atoms with Gasteiger partial charge in [0.2, 0.25) is 0 Å². The highest BCUT2D eigenvalue weighted by atomic mass is 35.5. The summed E-state index contributed by atoms with van der Waals surface area (Å²) in [6.07, 6.45) is 6.83. The van der Waals surface area contributed by atoms with E-state index in [2.05, 4.69) is 35.1 Å². The van der Waals surface area contributed by atoms with Gasteiger partial charge < -0.3 is 19.5 Å². The zero-order valence-electron chi connectivity index (χ0n) is 17.1. The number of benzene rings is 1. The molecule has 0 unspecified atom stereocenters. The third kappa shape index (κ3) is 3.19. The van der Waals surface area contributed by atoms with Crippen LogP contribution >= 0.6 is 22.9 Å². The zero-order valence-corrected chi connectivity index (χ0v) is 18.6. The van der Waals surface area contributed by atoms with Crippen LogP contribution in [-0.4, -0.2) is 22.6 Å². The lowest BCUT2D eigenvalue weighted by Crippen LogP contribution is -2.36. The van der Waals surface area contributed by atoms with Crippen LogP contribution in [0.5, 0.6) is 5.75 Å². The summed E-state index contributed by atoms with van der Waals surface area (Å²) in [6.45, 7) is 2.68. The smallest absolute Gasteiger partial charge is 0.322 e. The predicted molar refractivity (Wildman–Crippen MR) is 121 cm³/mol. The summed E-state index contributed by atoms with van der Waals surface area (Å²) >= 11 is 8.05. The molecule has 5 nitrogen and oxygen atoms in total. The highest BCUT2D eigenvalue weighted by Gasteiger charge is 2.33. The first kappa shape index (κ1) is 19.5. The molecule has 2 amide bonds. The number of ether oxygens (including phenoxy) is 1. The van der Waals surface area contributed by atoms with Crippen molar-refractivity contribution in [3.63, 3.8) is 0 Å². The number of urea groups is 1. The number of nitrogens with zero attached hydrogens (tertiary/aromatic N) is 2. The summed E-state index contributed by atoms with van der Waals surface area (Å²) < 4.78 is 7.68. The number of hydrogen-bond donors (Lipinski definition) is 1. The van der Waals surface area contributed by atoms with Crippen molar-refractivity contribution in [1.29, 1.82) is 0 Å². The van der Waals surface area contributed by atoms with E-state index in [0.717, 1.165) is 18.5 Å².